The van der Waals surface area contributed by atoms with E-state index in [1.165, 1.54) is 11.3 Å². The maximum absolute atomic E-state index is 10.8. The highest BCUT2D eigenvalue weighted by Gasteiger charge is 2.44. The van der Waals surface area contributed by atoms with Crippen molar-refractivity contribution in [3.63, 3.8) is 0 Å². The van der Waals surface area contributed by atoms with Crippen LogP contribution >= 0.6 is 22.9 Å². The lowest BCUT2D eigenvalue weighted by atomic mass is 9.86. The van der Waals surface area contributed by atoms with E-state index in [2.05, 4.69) is 36.3 Å². The van der Waals surface area contributed by atoms with Gasteiger partial charge in [0.2, 0.25) is 5.82 Å². The van der Waals surface area contributed by atoms with Crippen LogP contribution in [-0.4, -0.2) is 62.4 Å². The van der Waals surface area contributed by atoms with Gasteiger partial charge in [-0.3, -0.25) is 4.79 Å². The second-order valence-electron chi connectivity index (χ2n) is 7.84. The minimum absolute atomic E-state index is 0.244. The minimum atomic E-state index is -1.01. The molecule has 0 saturated carbocycles. The lowest BCUT2D eigenvalue weighted by Gasteiger charge is -2.26. The van der Waals surface area contributed by atoms with Crippen molar-refractivity contribution in [1.82, 2.24) is 25.2 Å². The summed E-state index contributed by atoms with van der Waals surface area (Å²) in [4.78, 5) is 21.9. The van der Waals surface area contributed by atoms with E-state index in [1.54, 1.807) is 6.20 Å². The monoisotopic (exact) mass is 445 g/mol. The van der Waals surface area contributed by atoms with Crippen molar-refractivity contribution < 1.29 is 9.90 Å². The number of nitrogens with zero attached hydrogens (tertiary/aromatic N) is 7. The molecule has 0 radical (unpaired) electrons. The van der Waals surface area contributed by atoms with Crippen molar-refractivity contribution in [3.8, 4) is 10.7 Å². The Balaban J connectivity index is 1.27. The summed E-state index contributed by atoms with van der Waals surface area (Å²) in [5.41, 5.74) is 1.36. The minimum Gasteiger partial charge on any atom is -0.480 e. The molecule has 2 saturated heterocycles. The van der Waals surface area contributed by atoms with Crippen LogP contribution in [-0.2, 0) is 11.3 Å². The van der Waals surface area contributed by atoms with E-state index in [4.69, 9.17) is 16.7 Å². The zero-order chi connectivity index (χ0) is 20.7. The molecule has 11 heteroatoms. The largest absolute Gasteiger partial charge is 0.480 e. The Hall–Kier alpha value is -2.72. The first-order valence-corrected chi connectivity index (χ1v) is 10.9. The highest BCUT2D eigenvalue weighted by molar-refractivity contribution is 7.18. The average Bonchev–Trinajstić information content (AvgIpc) is 3.49. The molecule has 1 unspecified atom stereocenters. The third-order valence-electron chi connectivity index (χ3n) is 5.78. The smallest absolute Gasteiger partial charge is 0.327 e. The molecule has 156 valence electrons. The average molecular weight is 446 g/mol. The van der Waals surface area contributed by atoms with Crippen molar-refractivity contribution >= 4 is 39.7 Å². The van der Waals surface area contributed by atoms with Crippen LogP contribution in [0.4, 0.5) is 10.8 Å². The number of aliphatic carboxylic acids is 1. The first-order chi connectivity index (χ1) is 14.5. The highest BCUT2D eigenvalue weighted by atomic mass is 35.5. The van der Waals surface area contributed by atoms with E-state index in [-0.39, 0.29) is 12.0 Å². The van der Waals surface area contributed by atoms with Crippen molar-refractivity contribution in [2.24, 2.45) is 5.41 Å². The standard InChI is InChI=1S/C19H20ClN7O2S/c20-13-3-1-2-4-14(13)25-7-5-19(11-25)6-8-26(12-19)18-21-9-15(30-18)17-22-24-27(23-17)10-16(28)29/h1-4,9H,5-8,10-12H2,(H,28,29). The molecule has 5 rings (SSSR count). The molecule has 2 aliphatic heterocycles. The fraction of sp³-hybridized carbons (Fsp3) is 0.421. The van der Waals surface area contributed by atoms with Gasteiger partial charge in [0.1, 0.15) is 0 Å². The van der Waals surface area contributed by atoms with Crippen LogP contribution in [0.25, 0.3) is 10.7 Å². The predicted octanol–water partition coefficient (Wildman–Crippen LogP) is 2.64. The van der Waals surface area contributed by atoms with Gasteiger partial charge in [0.25, 0.3) is 0 Å². The lowest BCUT2D eigenvalue weighted by Crippen LogP contribution is -2.30. The maximum atomic E-state index is 10.8. The first kappa shape index (κ1) is 19.3. The molecule has 1 spiro atoms. The van der Waals surface area contributed by atoms with Crippen LogP contribution in [0.2, 0.25) is 5.02 Å². The van der Waals surface area contributed by atoms with E-state index in [0.29, 0.717) is 5.82 Å². The van der Waals surface area contributed by atoms with Crippen molar-refractivity contribution in [1.29, 1.82) is 0 Å². The number of aromatic nitrogens is 5. The van der Waals surface area contributed by atoms with Crippen LogP contribution in [0.15, 0.2) is 30.5 Å². The molecule has 3 aromatic rings. The molecule has 30 heavy (non-hydrogen) atoms. The van der Waals surface area contributed by atoms with E-state index in [9.17, 15) is 4.79 Å². The molecule has 2 aromatic heterocycles. The number of tetrazole rings is 1. The maximum Gasteiger partial charge on any atom is 0.327 e. The summed E-state index contributed by atoms with van der Waals surface area (Å²) >= 11 is 7.91. The highest BCUT2D eigenvalue weighted by Crippen LogP contribution is 2.44. The Morgan fingerprint density at radius 2 is 1.97 bits per heavy atom. The van der Waals surface area contributed by atoms with Gasteiger partial charge in [0, 0.05) is 31.6 Å². The number of para-hydroxylation sites is 1. The summed E-state index contributed by atoms with van der Waals surface area (Å²) in [5.74, 6) is -0.603. The zero-order valence-electron chi connectivity index (χ0n) is 16.1. The van der Waals surface area contributed by atoms with Crippen molar-refractivity contribution in [2.45, 2.75) is 19.4 Å². The number of rotatable bonds is 5. The van der Waals surface area contributed by atoms with Crippen molar-refractivity contribution in [3.05, 3.63) is 35.5 Å². The van der Waals surface area contributed by atoms with Gasteiger partial charge >= 0.3 is 5.97 Å². The van der Waals surface area contributed by atoms with E-state index in [0.717, 1.165) is 64.5 Å². The fourth-order valence-electron chi connectivity index (χ4n) is 4.32. The van der Waals surface area contributed by atoms with Crippen LogP contribution in [0.1, 0.15) is 12.8 Å². The molecule has 1 N–H and O–H groups in total. The number of hydrogen-bond acceptors (Lipinski definition) is 8. The van der Waals surface area contributed by atoms with Gasteiger partial charge in [-0.15, -0.1) is 10.2 Å². The van der Waals surface area contributed by atoms with Crippen LogP contribution in [0.5, 0.6) is 0 Å². The normalized spacial score (nSPS) is 21.1. The molecule has 0 amide bonds. The number of carbonyl (C=O) groups is 1. The van der Waals surface area contributed by atoms with Gasteiger partial charge in [-0.05, 0) is 30.2 Å². The van der Waals surface area contributed by atoms with Gasteiger partial charge in [-0.25, -0.2) is 4.98 Å². The van der Waals surface area contributed by atoms with Crippen molar-refractivity contribution in [2.75, 3.05) is 36.0 Å². The topological polar surface area (TPSA) is 100 Å². The number of halogens is 1. The molecular weight excluding hydrogens is 426 g/mol. The summed E-state index contributed by atoms with van der Waals surface area (Å²) in [7, 11) is 0. The summed E-state index contributed by atoms with van der Waals surface area (Å²) in [6.45, 7) is 3.62. The second kappa shape index (κ2) is 7.51. The van der Waals surface area contributed by atoms with Crippen LogP contribution in [0.3, 0.4) is 0 Å². The number of carboxylic acid groups (broad SMARTS) is 1. The quantitative estimate of drug-likeness (QED) is 0.639. The summed E-state index contributed by atoms with van der Waals surface area (Å²) in [5, 5.41) is 22.5. The van der Waals surface area contributed by atoms with Gasteiger partial charge < -0.3 is 14.9 Å². The zero-order valence-corrected chi connectivity index (χ0v) is 17.7. The molecule has 4 heterocycles. The molecule has 9 nitrogen and oxygen atoms in total. The number of benzene rings is 1. The molecule has 0 bridgehead atoms. The van der Waals surface area contributed by atoms with Crippen LogP contribution < -0.4 is 9.80 Å². The Morgan fingerprint density at radius 1 is 1.20 bits per heavy atom. The van der Waals surface area contributed by atoms with Gasteiger partial charge in [-0.2, -0.15) is 4.80 Å². The van der Waals surface area contributed by atoms with E-state index in [1.807, 2.05) is 18.2 Å². The SMILES string of the molecule is O=C(O)Cn1nnc(-c2cnc(N3CCC4(CCN(c5ccccc5Cl)C4)C3)s2)n1. The Labute approximate surface area is 181 Å². The Bertz CT molecular complexity index is 1090. The third-order valence-corrected chi connectivity index (χ3v) is 7.16. The molecule has 1 aromatic carbocycles. The Kier molecular flexibility index (Phi) is 4.82. The summed E-state index contributed by atoms with van der Waals surface area (Å²) in [6, 6.07) is 8.03. The molecule has 0 aliphatic carbocycles. The number of carboxylic acids is 1. The third kappa shape index (κ3) is 3.61. The fourth-order valence-corrected chi connectivity index (χ4v) is 5.45. The molecule has 2 fully saturated rings. The molecular formula is C19H20ClN7O2S. The summed E-state index contributed by atoms with van der Waals surface area (Å²) in [6.07, 6.45) is 3.99. The van der Waals surface area contributed by atoms with E-state index < -0.39 is 5.97 Å². The molecule has 1 atom stereocenters. The molecule has 2 aliphatic rings. The number of anilines is 2. The number of thiazole rings is 1. The Morgan fingerprint density at radius 3 is 2.77 bits per heavy atom. The second-order valence-corrected chi connectivity index (χ2v) is 9.26. The number of hydrogen-bond donors (Lipinski definition) is 1. The van der Waals surface area contributed by atoms with Crippen LogP contribution in [0, 0.1) is 5.41 Å². The predicted molar refractivity (Wildman–Crippen MR) is 114 cm³/mol. The van der Waals surface area contributed by atoms with Gasteiger partial charge in [-0.1, -0.05) is 35.1 Å². The van der Waals surface area contributed by atoms with Gasteiger partial charge in [0.15, 0.2) is 11.7 Å². The lowest BCUT2D eigenvalue weighted by molar-refractivity contribution is -0.138. The van der Waals surface area contributed by atoms with E-state index >= 15 is 0 Å². The first-order valence-electron chi connectivity index (χ1n) is 9.72. The summed E-state index contributed by atoms with van der Waals surface area (Å²) < 4.78 is 0. The van der Waals surface area contributed by atoms with Gasteiger partial charge in [0.05, 0.1) is 21.8 Å².